The standard InChI is InChI=1S/C15H27NO4/c1-2-3-4-5-6-7-8-9-14(17)16-10-11-20-12-13(16)15(18)19/h13H,2-12H2,1H3,(H,18,19). The maximum atomic E-state index is 12.1. The number of carbonyl (C=O) groups is 2. The number of hydrogen-bond donors (Lipinski definition) is 1. The molecule has 5 nitrogen and oxygen atoms in total. The number of ether oxygens (including phenoxy) is 1. The summed E-state index contributed by atoms with van der Waals surface area (Å²) in [6.45, 7) is 3.14. The first-order valence-electron chi connectivity index (χ1n) is 7.76. The van der Waals surface area contributed by atoms with Crippen LogP contribution in [0.25, 0.3) is 0 Å². The molecule has 0 bridgehead atoms. The fraction of sp³-hybridized carbons (Fsp3) is 0.867. The zero-order valence-electron chi connectivity index (χ0n) is 12.5. The highest BCUT2D eigenvalue weighted by atomic mass is 16.5. The van der Waals surface area contributed by atoms with Crippen LogP contribution in [0.5, 0.6) is 0 Å². The van der Waals surface area contributed by atoms with Gasteiger partial charge < -0.3 is 14.7 Å². The predicted molar refractivity (Wildman–Crippen MR) is 76.6 cm³/mol. The summed E-state index contributed by atoms with van der Waals surface area (Å²) in [4.78, 5) is 24.6. The Morgan fingerprint density at radius 3 is 2.45 bits per heavy atom. The van der Waals surface area contributed by atoms with Crippen LogP contribution in [-0.4, -0.2) is 47.7 Å². The lowest BCUT2D eigenvalue weighted by molar-refractivity contribution is -0.158. The molecule has 1 atom stereocenters. The van der Waals surface area contributed by atoms with Crippen LogP contribution in [0.3, 0.4) is 0 Å². The molecule has 1 aliphatic heterocycles. The second kappa shape index (κ2) is 9.75. The molecule has 5 heteroatoms. The average Bonchev–Trinajstić information content (AvgIpc) is 2.46. The molecule has 1 unspecified atom stereocenters. The molecule has 0 aromatic carbocycles. The van der Waals surface area contributed by atoms with E-state index in [4.69, 9.17) is 9.84 Å². The maximum Gasteiger partial charge on any atom is 0.328 e. The minimum Gasteiger partial charge on any atom is -0.480 e. The SMILES string of the molecule is CCCCCCCCCC(=O)N1CCOCC1C(=O)O. The minimum atomic E-state index is -0.974. The molecule has 0 saturated carbocycles. The first-order chi connectivity index (χ1) is 9.66. The number of aliphatic carboxylic acids is 1. The number of amides is 1. The molecule has 1 aliphatic rings. The van der Waals surface area contributed by atoms with Gasteiger partial charge in [0.15, 0.2) is 6.04 Å². The molecule has 0 aromatic heterocycles. The van der Waals surface area contributed by atoms with Crippen molar-refractivity contribution in [1.82, 2.24) is 4.90 Å². The van der Waals surface area contributed by atoms with Crippen LogP contribution in [0.4, 0.5) is 0 Å². The number of carbonyl (C=O) groups excluding carboxylic acids is 1. The summed E-state index contributed by atoms with van der Waals surface area (Å²) in [5, 5.41) is 9.08. The third kappa shape index (κ3) is 5.90. The quantitative estimate of drug-likeness (QED) is 0.661. The molecule has 0 spiro atoms. The molecular formula is C15H27NO4. The summed E-state index contributed by atoms with van der Waals surface area (Å²) >= 11 is 0. The summed E-state index contributed by atoms with van der Waals surface area (Å²) in [6, 6.07) is -0.805. The van der Waals surface area contributed by atoms with Crippen molar-refractivity contribution in [2.45, 2.75) is 64.3 Å². The molecule has 1 heterocycles. The van der Waals surface area contributed by atoms with Crippen molar-refractivity contribution >= 4 is 11.9 Å². The number of unbranched alkanes of at least 4 members (excludes halogenated alkanes) is 6. The molecule has 1 N–H and O–H groups in total. The molecule has 20 heavy (non-hydrogen) atoms. The molecule has 1 amide bonds. The molecule has 1 rings (SSSR count). The Labute approximate surface area is 121 Å². The predicted octanol–water partition coefficient (Wildman–Crippen LogP) is 2.44. The highest BCUT2D eigenvalue weighted by Crippen LogP contribution is 2.13. The summed E-state index contributed by atoms with van der Waals surface area (Å²) in [5.74, 6) is -1.02. The molecular weight excluding hydrogens is 258 g/mol. The Balaban J connectivity index is 2.19. The first-order valence-corrected chi connectivity index (χ1v) is 7.76. The van der Waals surface area contributed by atoms with Crippen LogP contribution in [0, 0.1) is 0 Å². The maximum absolute atomic E-state index is 12.1. The van der Waals surface area contributed by atoms with Crippen LogP contribution in [0.1, 0.15) is 58.3 Å². The van der Waals surface area contributed by atoms with E-state index in [1.807, 2.05) is 0 Å². The van der Waals surface area contributed by atoms with E-state index < -0.39 is 12.0 Å². The molecule has 1 saturated heterocycles. The third-order valence-electron chi connectivity index (χ3n) is 3.73. The van der Waals surface area contributed by atoms with Gasteiger partial charge in [0.05, 0.1) is 13.2 Å². The lowest BCUT2D eigenvalue weighted by Crippen LogP contribution is -2.52. The second-order valence-corrected chi connectivity index (χ2v) is 5.39. The number of carboxylic acid groups (broad SMARTS) is 1. The highest BCUT2D eigenvalue weighted by molar-refractivity contribution is 5.83. The summed E-state index contributed by atoms with van der Waals surface area (Å²) in [7, 11) is 0. The fourth-order valence-corrected chi connectivity index (χ4v) is 2.48. The lowest BCUT2D eigenvalue weighted by Gasteiger charge is -2.32. The smallest absolute Gasteiger partial charge is 0.328 e. The van der Waals surface area contributed by atoms with E-state index >= 15 is 0 Å². The van der Waals surface area contributed by atoms with Crippen LogP contribution < -0.4 is 0 Å². The van der Waals surface area contributed by atoms with Gasteiger partial charge in [-0.15, -0.1) is 0 Å². The van der Waals surface area contributed by atoms with E-state index in [0.29, 0.717) is 19.6 Å². The molecule has 0 aliphatic carbocycles. The molecule has 0 radical (unpaired) electrons. The Kier molecular flexibility index (Phi) is 8.26. The van der Waals surface area contributed by atoms with E-state index in [1.54, 1.807) is 0 Å². The highest BCUT2D eigenvalue weighted by Gasteiger charge is 2.32. The van der Waals surface area contributed by atoms with Gasteiger partial charge in [0.2, 0.25) is 5.91 Å². The van der Waals surface area contributed by atoms with E-state index in [1.165, 1.54) is 37.0 Å². The Morgan fingerprint density at radius 1 is 1.15 bits per heavy atom. The van der Waals surface area contributed by atoms with Crippen LogP contribution in [0.2, 0.25) is 0 Å². The molecule has 0 aromatic rings. The van der Waals surface area contributed by atoms with Crippen molar-refractivity contribution in [2.75, 3.05) is 19.8 Å². The topological polar surface area (TPSA) is 66.8 Å². The number of morpholine rings is 1. The lowest BCUT2D eigenvalue weighted by atomic mass is 10.1. The van der Waals surface area contributed by atoms with Gasteiger partial charge in [-0.3, -0.25) is 4.79 Å². The van der Waals surface area contributed by atoms with E-state index in [9.17, 15) is 9.59 Å². The minimum absolute atomic E-state index is 0.0470. The van der Waals surface area contributed by atoms with Gasteiger partial charge in [0.1, 0.15) is 0 Å². The summed E-state index contributed by atoms with van der Waals surface area (Å²) in [5.41, 5.74) is 0. The van der Waals surface area contributed by atoms with Crippen molar-refractivity contribution in [3.63, 3.8) is 0 Å². The normalized spacial score (nSPS) is 19.1. The van der Waals surface area contributed by atoms with E-state index in [2.05, 4.69) is 6.92 Å². The monoisotopic (exact) mass is 285 g/mol. The Hall–Kier alpha value is -1.10. The number of nitrogens with zero attached hydrogens (tertiary/aromatic N) is 1. The number of carboxylic acids is 1. The summed E-state index contributed by atoms with van der Waals surface area (Å²) in [6.07, 6.45) is 8.56. The van der Waals surface area contributed by atoms with Gasteiger partial charge in [0, 0.05) is 13.0 Å². The fourth-order valence-electron chi connectivity index (χ4n) is 2.48. The van der Waals surface area contributed by atoms with Gasteiger partial charge in [-0.1, -0.05) is 45.4 Å². The van der Waals surface area contributed by atoms with Crippen LogP contribution in [0.15, 0.2) is 0 Å². The Bertz CT molecular complexity index is 306. The van der Waals surface area contributed by atoms with Crippen molar-refractivity contribution in [1.29, 1.82) is 0 Å². The van der Waals surface area contributed by atoms with Gasteiger partial charge >= 0.3 is 5.97 Å². The number of hydrogen-bond acceptors (Lipinski definition) is 3. The van der Waals surface area contributed by atoms with Crippen molar-refractivity contribution in [3.8, 4) is 0 Å². The zero-order valence-corrected chi connectivity index (χ0v) is 12.5. The largest absolute Gasteiger partial charge is 0.480 e. The molecule has 116 valence electrons. The molecule has 1 fully saturated rings. The van der Waals surface area contributed by atoms with Crippen molar-refractivity contribution < 1.29 is 19.4 Å². The second-order valence-electron chi connectivity index (χ2n) is 5.39. The number of rotatable bonds is 9. The van der Waals surface area contributed by atoms with Gasteiger partial charge in [-0.2, -0.15) is 0 Å². The Morgan fingerprint density at radius 2 is 1.80 bits per heavy atom. The van der Waals surface area contributed by atoms with Gasteiger partial charge in [-0.25, -0.2) is 4.79 Å². The van der Waals surface area contributed by atoms with Crippen molar-refractivity contribution in [2.24, 2.45) is 0 Å². The van der Waals surface area contributed by atoms with Gasteiger partial charge in [0.25, 0.3) is 0 Å². The first kappa shape index (κ1) is 17.0. The summed E-state index contributed by atoms with van der Waals surface area (Å²) < 4.78 is 5.13. The van der Waals surface area contributed by atoms with Gasteiger partial charge in [-0.05, 0) is 6.42 Å². The average molecular weight is 285 g/mol. The van der Waals surface area contributed by atoms with Crippen LogP contribution in [-0.2, 0) is 14.3 Å². The van der Waals surface area contributed by atoms with Crippen molar-refractivity contribution in [3.05, 3.63) is 0 Å². The third-order valence-corrected chi connectivity index (χ3v) is 3.73. The zero-order chi connectivity index (χ0) is 14.8. The van der Waals surface area contributed by atoms with Crippen LogP contribution >= 0.6 is 0 Å². The van der Waals surface area contributed by atoms with E-state index in [0.717, 1.165) is 12.8 Å². The van der Waals surface area contributed by atoms with E-state index in [-0.39, 0.29) is 12.5 Å².